The zero-order valence-electron chi connectivity index (χ0n) is 12.9. The van der Waals surface area contributed by atoms with Crippen molar-refractivity contribution in [3.05, 3.63) is 64.7 Å². The minimum Gasteiger partial charge on any atom is -0.378 e. The zero-order valence-corrected chi connectivity index (χ0v) is 14.5. The molecule has 0 amide bonds. The molecule has 0 aliphatic rings. The van der Waals surface area contributed by atoms with E-state index in [1.165, 1.54) is 17.3 Å². The summed E-state index contributed by atoms with van der Waals surface area (Å²) in [6.07, 6.45) is 1.14. The Hall–Kier alpha value is -1.45. The standard InChI is InChI=1S/C18H21ClN2S/c1-3-13(2)15-7-9-17(10-8-15)21-18(20)22-12-14-5-4-6-16(19)11-14/h4-11,13H,3,12H2,1-2H3,(H2,20,21)/t13-/m1/s1. The number of halogens is 1. The number of thioether (sulfide) groups is 1. The minimum atomic E-state index is 0.566. The average molecular weight is 333 g/mol. The molecule has 22 heavy (non-hydrogen) atoms. The Morgan fingerprint density at radius 3 is 2.59 bits per heavy atom. The summed E-state index contributed by atoms with van der Waals surface area (Å²) in [7, 11) is 0. The first-order chi connectivity index (χ1) is 10.6. The van der Waals surface area contributed by atoms with Gasteiger partial charge in [-0.25, -0.2) is 4.99 Å². The molecule has 0 heterocycles. The van der Waals surface area contributed by atoms with E-state index in [1.54, 1.807) is 0 Å². The molecular weight excluding hydrogens is 312 g/mol. The number of rotatable bonds is 5. The maximum Gasteiger partial charge on any atom is 0.159 e. The molecule has 0 saturated heterocycles. The van der Waals surface area contributed by atoms with Crippen molar-refractivity contribution in [3.8, 4) is 0 Å². The molecule has 0 aliphatic heterocycles. The number of nitrogens with two attached hydrogens (primary N) is 1. The molecule has 4 heteroatoms. The third-order valence-corrected chi connectivity index (χ3v) is 4.69. The molecule has 2 nitrogen and oxygen atoms in total. The third-order valence-electron chi connectivity index (χ3n) is 3.59. The summed E-state index contributed by atoms with van der Waals surface area (Å²) in [4.78, 5) is 4.45. The van der Waals surface area contributed by atoms with Crippen LogP contribution in [0, 0.1) is 0 Å². The van der Waals surface area contributed by atoms with Crippen molar-refractivity contribution < 1.29 is 0 Å². The molecule has 2 N–H and O–H groups in total. The molecule has 2 rings (SSSR count). The Bertz CT molecular complexity index is 638. The van der Waals surface area contributed by atoms with Gasteiger partial charge in [0.15, 0.2) is 5.17 Å². The fourth-order valence-electron chi connectivity index (χ4n) is 2.06. The molecule has 0 aliphatic carbocycles. The number of nitrogens with zero attached hydrogens (tertiary/aromatic N) is 1. The quantitative estimate of drug-likeness (QED) is 0.560. The van der Waals surface area contributed by atoms with E-state index in [2.05, 4.69) is 31.0 Å². The fraction of sp³-hybridized carbons (Fsp3) is 0.278. The van der Waals surface area contributed by atoms with Crippen LogP contribution in [0.3, 0.4) is 0 Å². The Kier molecular flexibility index (Phi) is 6.34. The highest BCUT2D eigenvalue weighted by Crippen LogP contribution is 2.23. The Morgan fingerprint density at radius 2 is 1.95 bits per heavy atom. The van der Waals surface area contributed by atoms with E-state index in [1.807, 2.05) is 36.4 Å². The first-order valence-electron chi connectivity index (χ1n) is 7.40. The van der Waals surface area contributed by atoms with E-state index in [0.29, 0.717) is 11.1 Å². The van der Waals surface area contributed by atoms with Crippen molar-refractivity contribution in [2.24, 2.45) is 10.7 Å². The molecule has 116 valence electrons. The van der Waals surface area contributed by atoms with Crippen LogP contribution in [0.25, 0.3) is 0 Å². The van der Waals surface area contributed by atoms with Gasteiger partial charge >= 0.3 is 0 Å². The summed E-state index contributed by atoms with van der Waals surface area (Å²) in [6, 6.07) is 16.1. The Balaban J connectivity index is 1.96. The van der Waals surface area contributed by atoms with Crippen molar-refractivity contribution in [3.63, 3.8) is 0 Å². The summed E-state index contributed by atoms with van der Waals surface area (Å²) >= 11 is 7.49. The molecule has 0 bridgehead atoms. The predicted molar refractivity (Wildman–Crippen MR) is 99.2 cm³/mol. The predicted octanol–water partition coefficient (Wildman–Crippen LogP) is 5.73. The number of amidine groups is 1. The Morgan fingerprint density at radius 1 is 1.23 bits per heavy atom. The van der Waals surface area contributed by atoms with Gasteiger partial charge in [-0.1, -0.05) is 61.5 Å². The van der Waals surface area contributed by atoms with Crippen LogP contribution in [0.1, 0.15) is 37.3 Å². The van der Waals surface area contributed by atoms with Crippen LogP contribution in [0.2, 0.25) is 5.02 Å². The number of benzene rings is 2. The van der Waals surface area contributed by atoms with E-state index in [0.717, 1.165) is 28.4 Å². The van der Waals surface area contributed by atoms with Crippen molar-refractivity contribution in [1.82, 2.24) is 0 Å². The monoisotopic (exact) mass is 332 g/mol. The van der Waals surface area contributed by atoms with Gasteiger partial charge in [0, 0.05) is 10.8 Å². The molecule has 0 fully saturated rings. The van der Waals surface area contributed by atoms with E-state index >= 15 is 0 Å². The largest absolute Gasteiger partial charge is 0.378 e. The summed E-state index contributed by atoms with van der Waals surface area (Å²) in [5, 5.41) is 1.31. The number of hydrogen-bond acceptors (Lipinski definition) is 2. The Labute approximate surface area is 141 Å². The van der Waals surface area contributed by atoms with Gasteiger partial charge in [-0.05, 0) is 47.7 Å². The molecule has 0 radical (unpaired) electrons. The van der Waals surface area contributed by atoms with Crippen molar-refractivity contribution in [2.45, 2.75) is 31.9 Å². The van der Waals surface area contributed by atoms with Gasteiger partial charge in [0.05, 0.1) is 5.69 Å². The molecule has 0 saturated carbocycles. The van der Waals surface area contributed by atoms with Gasteiger partial charge in [-0.2, -0.15) is 0 Å². The zero-order chi connectivity index (χ0) is 15.9. The second kappa shape index (κ2) is 8.25. The third kappa shape index (κ3) is 5.08. The highest BCUT2D eigenvalue weighted by molar-refractivity contribution is 8.13. The van der Waals surface area contributed by atoms with Crippen molar-refractivity contribution in [2.75, 3.05) is 0 Å². The number of hydrogen-bond donors (Lipinski definition) is 1. The van der Waals surface area contributed by atoms with Gasteiger partial charge in [0.1, 0.15) is 0 Å². The summed E-state index contributed by atoms with van der Waals surface area (Å²) < 4.78 is 0. The van der Waals surface area contributed by atoms with Crippen LogP contribution in [0.4, 0.5) is 5.69 Å². The maximum absolute atomic E-state index is 6.00. The van der Waals surface area contributed by atoms with E-state index in [-0.39, 0.29) is 0 Å². The molecule has 0 unspecified atom stereocenters. The van der Waals surface area contributed by atoms with Gasteiger partial charge in [-0.3, -0.25) is 0 Å². The lowest BCUT2D eigenvalue weighted by molar-refractivity contribution is 0.734. The van der Waals surface area contributed by atoms with Crippen LogP contribution >= 0.6 is 23.4 Å². The summed E-state index contributed by atoms with van der Waals surface area (Å²) in [6.45, 7) is 4.43. The van der Waals surface area contributed by atoms with E-state index < -0.39 is 0 Å². The van der Waals surface area contributed by atoms with E-state index in [4.69, 9.17) is 17.3 Å². The molecule has 2 aromatic rings. The minimum absolute atomic E-state index is 0.566. The van der Waals surface area contributed by atoms with Gasteiger partial charge < -0.3 is 5.73 Å². The smallest absolute Gasteiger partial charge is 0.159 e. The first-order valence-corrected chi connectivity index (χ1v) is 8.76. The van der Waals surface area contributed by atoms with Crippen LogP contribution in [-0.2, 0) is 5.75 Å². The molecule has 1 atom stereocenters. The molecule has 0 spiro atoms. The van der Waals surface area contributed by atoms with Crippen molar-refractivity contribution in [1.29, 1.82) is 0 Å². The number of aliphatic imine (C=N–C) groups is 1. The van der Waals surface area contributed by atoms with Crippen molar-refractivity contribution >= 4 is 34.2 Å². The first kappa shape index (κ1) is 16.9. The lowest BCUT2D eigenvalue weighted by Crippen LogP contribution is -2.06. The summed E-state index contributed by atoms with van der Waals surface area (Å²) in [5.41, 5.74) is 9.37. The van der Waals surface area contributed by atoms with Gasteiger partial charge in [0.25, 0.3) is 0 Å². The average Bonchev–Trinajstić information content (AvgIpc) is 2.53. The maximum atomic E-state index is 6.00. The second-order valence-electron chi connectivity index (χ2n) is 5.27. The van der Waals surface area contributed by atoms with E-state index in [9.17, 15) is 0 Å². The lowest BCUT2D eigenvalue weighted by Gasteiger charge is -2.08. The molecule has 0 aromatic heterocycles. The van der Waals surface area contributed by atoms with Gasteiger partial charge in [-0.15, -0.1) is 0 Å². The lowest BCUT2D eigenvalue weighted by atomic mass is 9.99. The molecule has 2 aromatic carbocycles. The fourth-order valence-corrected chi connectivity index (χ4v) is 2.93. The normalized spacial score (nSPS) is 13.1. The molecular formula is C18H21ClN2S. The highest BCUT2D eigenvalue weighted by atomic mass is 35.5. The highest BCUT2D eigenvalue weighted by Gasteiger charge is 2.03. The second-order valence-corrected chi connectivity index (χ2v) is 6.70. The summed E-state index contributed by atoms with van der Waals surface area (Å²) in [5.74, 6) is 1.34. The topological polar surface area (TPSA) is 38.4 Å². The van der Waals surface area contributed by atoms with Crippen LogP contribution in [0.15, 0.2) is 53.5 Å². The van der Waals surface area contributed by atoms with Crippen LogP contribution in [-0.4, -0.2) is 5.17 Å². The van der Waals surface area contributed by atoms with Crippen LogP contribution < -0.4 is 5.73 Å². The van der Waals surface area contributed by atoms with Crippen LogP contribution in [0.5, 0.6) is 0 Å². The SMILES string of the molecule is CC[C@@H](C)c1ccc(N=C(N)SCc2cccc(Cl)c2)cc1. The van der Waals surface area contributed by atoms with Gasteiger partial charge in [0.2, 0.25) is 0 Å².